The number of hydrogen-bond acceptors (Lipinski definition) is 3. The summed E-state index contributed by atoms with van der Waals surface area (Å²) in [5.74, 6) is 1.13. The smallest absolute Gasteiger partial charge is 0.193 e. The molecular formula is C17H26FN3O2. The highest BCUT2D eigenvalue weighted by atomic mass is 19.1. The summed E-state index contributed by atoms with van der Waals surface area (Å²) < 4.78 is 18.4. The van der Waals surface area contributed by atoms with E-state index in [-0.39, 0.29) is 5.82 Å². The van der Waals surface area contributed by atoms with Gasteiger partial charge in [-0.2, -0.15) is 0 Å². The van der Waals surface area contributed by atoms with Crippen LogP contribution in [0.25, 0.3) is 0 Å². The molecule has 0 aliphatic heterocycles. The molecule has 0 amide bonds. The Kier molecular flexibility index (Phi) is 6.21. The van der Waals surface area contributed by atoms with E-state index in [9.17, 15) is 9.50 Å². The van der Waals surface area contributed by atoms with E-state index in [0.717, 1.165) is 31.8 Å². The van der Waals surface area contributed by atoms with E-state index in [1.165, 1.54) is 12.1 Å². The number of benzene rings is 1. The fourth-order valence-corrected chi connectivity index (χ4v) is 2.37. The molecule has 1 fully saturated rings. The Bertz CT molecular complexity index is 515. The predicted molar refractivity (Wildman–Crippen MR) is 89.3 cm³/mol. The van der Waals surface area contributed by atoms with E-state index in [1.54, 1.807) is 12.1 Å². The molecule has 0 saturated heterocycles. The summed E-state index contributed by atoms with van der Waals surface area (Å²) in [6.07, 6.45) is 2.73. The number of guanidine groups is 1. The molecule has 1 aromatic carbocycles. The topological polar surface area (TPSA) is 57.1 Å². The molecule has 0 heterocycles. The van der Waals surface area contributed by atoms with Gasteiger partial charge in [-0.1, -0.05) is 0 Å². The summed E-state index contributed by atoms with van der Waals surface area (Å²) >= 11 is 0. The lowest BCUT2D eigenvalue weighted by molar-refractivity contribution is -0.0237. The van der Waals surface area contributed by atoms with Gasteiger partial charge >= 0.3 is 0 Å². The van der Waals surface area contributed by atoms with Crippen molar-refractivity contribution in [1.29, 1.82) is 0 Å². The molecule has 2 rings (SSSR count). The van der Waals surface area contributed by atoms with Crippen LogP contribution in [0.3, 0.4) is 0 Å². The van der Waals surface area contributed by atoms with Crippen LogP contribution in [-0.4, -0.2) is 54.9 Å². The van der Waals surface area contributed by atoms with Gasteiger partial charge in [-0.05, 0) is 50.5 Å². The summed E-state index contributed by atoms with van der Waals surface area (Å²) in [4.78, 5) is 6.49. The second-order valence-corrected chi connectivity index (χ2v) is 5.97. The van der Waals surface area contributed by atoms with E-state index in [0.29, 0.717) is 25.4 Å². The molecule has 1 aliphatic carbocycles. The summed E-state index contributed by atoms with van der Waals surface area (Å²) in [5, 5.41) is 13.4. The second kappa shape index (κ2) is 8.15. The highest BCUT2D eigenvalue weighted by Crippen LogP contribution is 2.31. The largest absolute Gasteiger partial charge is 0.492 e. The number of nitrogens with one attached hydrogen (secondary N) is 1. The van der Waals surface area contributed by atoms with Crippen LogP contribution in [0, 0.1) is 5.82 Å². The van der Waals surface area contributed by atoms with Crippen LogP contribution in [0.4, 0.5) is 4.39 Å². The first kappa shape index (κ1) is 17.5. The van der Waals surface area contributed by atoms with E-state index < -0.39 is 5.60 Å². The maximum atomic E-state index is 12.8. The summed E-state index contributed by atoms with van der Waals surface area (Å²) in [6, 6.07) is 5.98. The molecule has 0 atom stereocenters. The number of aliphatic hydroxyl groups is 1. The molecule has 0 aromatic heterocycles. The van der Waals surface area contributed by atoms with Crippen molar-refractivity contribution in [2.75, 3.05) is 33.3 Å². The van der Waals surface area contributed by atoms with Crippen LogP contribution in [0.2, 0.25) is 0 Å². The molecule has 0 radical (unpaired) electrons. The summed E-state index contributed by atoms with van der Waals surface area (Å²) in [5.41, 5.74) is -0.619. The van der Waals surface area contributed by atoms with Crippen LogP contribution in [0.1, 0.15) is 26.2 Å². The standard InChI is InChI=1S/C17H26FN3O2/c1-3-19-16(20-13-17(22)9-4-10-17)21(2)11-12-23-15-7-5-14(18)6-8-15/h5-8,22H,3-4,9-13H2,1-2H3,(H,19,20). The Labute approximate surface area is 137 Å². The van der Waals surface area contributed by atoms with Crippen LogP contribution in [0.5, 0.6) is 5.75 Å². The fourth-order valence-electron chi connectivity index (χ4n) is 2.37. The molecule has 0 unspecified atom stereocenters. The Morgan fingerprint density at radius 3 is 2.65 bits per heavy atom. The lowest BCUT2D eigenvalue weighted by atomic mass is 9.80. The van der Waals surface area contributed by atoms with Crippen molar-refractivity contribution in [2.45, 2.75) is 31.8 Å². The quantitative estimate of drug-likeness (QED) is 0.595. The zero-order valence-electron chi connectivity index (χ0n) is 13.9. The van der Waals surface area contributed by atoms with Crippen LogP contribution in [0.15, 0.2) is 29.3 Å². The molecule has 0 bridgehead atoms. The second-order valence-electron chi connectivity index (χ2n) is 5.97. The zero-order chi connectivity index (χ0) is 16.7. The third kappa shape index (κ3) is 5.39. The third-order valence-electron chi connectivity index (χ3n) is 4.01. The Morgan fingerprint density at radius 1 is 1.39 bits per heavy atom. The SMILES string of the molecule is CCNC(=NCC1(O)CCC1)N(C)CCOc1ccc(F)cc1. The normalized spacial score (nSPS) is 16.6. The van der Waals surface area contributed by atoms with Gasteiger partial charge in [0.05, 0.1) is 18.7 Å². The maximum absolute atomic E-state index is 12.8. The number of rotatable bonds is 7. The van der Waals surface area contributed by atoms with Crippen molar-refractivity contribution in [3.63, 3.8) is 0 Å². The van der Waals surface area contributed by atoms with E-state index in [1.807, 2.05) is 18.9 Å². The predicted octanol–water partition coefficient (Wildman–Crippen LogP) is 2.02. The molecule has 23 heavy (non-hydrogen) atoms. The first-order valence-corrected chi connectivity index (χ1v) is 8.12. The first-order chi connectivity index (χ1) is 11.0. The molecule has 5 nitrogen and oxygen atoms in total. The van der Waals surface area contributed by atoms with Crippen LogP contribution < -0.4 is 10.1 Å². The number of halogens is 1. The van der Waals surface area contributed by atoms with E-state index >= 15 is 0 Å². The molecule has 1 aliphatic rings. The number of nitrogens with zero attached hydrogens (tertiary/aromatic N) is 2. The van der Waals surface area contributed by atoms with Gasteiger partial charge < -0.3 is 20.1 Å². The van der Waals surface area contributed by atoms with Crippen molar-refractivity contribution in [2.24, 2.45) is 4.99 Å². The van der Waals surface area contributed by atoms with Crippen LogP contribution >= 0.6 is 0 Å². The lowest BCUT2D eigenvalue weighted by Gasteiger charge is -2.35. The van der Waals surface area contributed by atoms with Gasteiger partial charge in [0.1, 0.15) is 18.2 Å². The van der Waals surface area contributed by atoms with Gasteiger partial charge in [0.15, 0.2) is 5.96 Å². The van der Waals surface area contributed by atoms with Gasteiger partial charge in [0, 0.05) is 13.6 Å². The zero-order valence-corrected chi connectivity index (χ0v) is 13.9. The number of likely N-dealkylation sites (N-methyl/N-ethyl adjacent to an activating group) is 1. The minimum Gasteiger partial charge on any atom is -0.492 e. The van der Waals surface area contributed by atoms with Gasteiger partial charge in [0.25, 0.3) is 0 Å². The van der Waals surface area contributed by atoms with Crippen molar-refractivity contribution in [3.05, 3.63) is 30.1 Å². The molecule has 0 spiro atoms. The maximum Gasteiger partial charge on any atom is 0.193 e. The third-order valence-corrected chi connectivity index (χ3v) is 4.01. The molecule has 128 valence electrons. The van der Waals surface area contributed by atoms with Gasteiger partial charge in [-0.3, -0.25) is 4.99 Å². The number of ether oxygens (including phenoxy) is 1. The Hall–Kier alpha value is -1.82. The minimum absolute atomic E-state index is 0.273. The first-order valence-electron chi connectivity index (χ1n) is 8.12. The van der Waals surface area contributed by atoms with Gasteiger partial charge in [0.2, 0.25) is 0 Å². The molecule has 1 saturated carbocycles. The van der Waals surface area contributed by atoms with Crippen molar-refractivity contribution in [3.8, 4) is 5.75 Å². The molecule has 2 N–H and O–H groups in total. The van der Waals surface area contributed by atoms with Crippen molar-refractivity contribution < 1.29 is 14.2 Å². The highest BCUT2D eigenvalue weighted by Gasteiger charge is 2.34. The summed E-state index contributed by atoms with van der Waals surface area (Å²) in [7, 11) is 1.93. The molecular weight excluding hydrogens is 297 g/mol. The number of hydrogen-bond donors (Lipinski definition) is 2. The van der Waals surface area contributed by atoms with Crippen LogP contribution in [-0.2, 0) is 0 Å². The molecule has 6 heteroatoms. The number of aliphatic imine (C=N–C) groups is 1. The van der Waals surface area contributed by atoms with E-state index in [4.69, 9.17) is 4.74 Å². The molecule has 1 aromatic rings. The highest BCUT2D eigenvalue weighted by molar-refractivity contribution is 5.79. The fraction of sp³-hybridized carbons (Fsp3) is 0.588. The van der Waals surface area contributed by atoms with Crippen molar-refractivity contribution in [1.82, 2.24) is 10.2 Å². The Balaban J connectivity index is 1.81. The van der Waals surface area contributed by atoms with Gasteiger partial charge in [-0.25, -0.2) is 4.39 Å². The Morgan fingerprint density at radius 2 is 2.09 bits per heavy atom. The minimum atomic E-state index is -0.619. The van der Waals surface area contributed by atoms with Crippen molar-refractivity contribution >= 4 is 5.96 Å². The monoisotopic (exact) mass is 323 g/mol. The summed E-state index contributed by atoms with van der Waals surface area (Å²) in [6.45, 7) is 4.31. The average Bonchev–Trinajstić information content (AvgIpc) is 2.51. The van der Waals surface area contributed by atoms with E-state index in [2.05, 4.69) is 10.3 Å². The average molecular weight is 323 g/mol. The lowest BCUT2D eigenvalue weighted by Crippen LogP contribution is -2.44. The van der Waals surface area contributed by atoms with Gasteiger partial charge in [-0.15, -0.1) is 0 Å².